The van der Waals surface area contributed by atoms with Crippen LogP contribution in [0.3, 0.4) is 0 Å². The van der Waals surface area contributed by atoms with Crippen LogP contribution >= 0.6 is 0 Å². The Morgan fingerprint density at radius 1 is 1.18 bits per heavy atom. The summed E-state index contributed by atoms with van der Waals surface area (Å²) in [6.45, 7) is 3.19. The predicted octanol–water partition coefficient (Wildman–Crippen LogP) is 3.95. The van der Waals surface area contributed by atoms with Gasteiger partial charge in [-0.05, 0) is 30.5 Å². The molecule has 4 rings (SSSR count). The number of esters is 1. The zero-order valence-corrected chi connectivity index (χ0v) is 19.6. The molecule has 3 aromatic heterocycles. The molecule has 3 heterocycles. The topological polar surface area (TPSA) is 110 Å². The molecule has 34 heavy (non-hydrogen) atoms. The van der Waals surface area contributed by atoms with Gasteiger partial charge in [0.25, 0.3) is 0 Å². The van der Waals surface area contributed by atoms with Crippen LogP contribution in [0.15, 0.2) is 42.7 Å². The second kappa shape index (κ2) is 10.4. The summed E-state index contributed by atoms with van der Waals surface area (Å²) in [5.74, 6) is -0.914. The number of hydrogen-bond acceptors (Lipinski definition) is 6. The van der Waals surface area contributed by atoms with Gasteiger partial charge in [0.15, 0.2) is 5.69 Å². The minimum absolute atomic E-state index is 0.135. The number of aromatic amines is 1. The highest BCUT2D eigenvalue weighted by Gasteiger charge is 2.26. The van der Waals surface area contributed by atoms with Crippen LogP contribution in [0.4, 0.5) is 11.4 Å². The summed E-state index contributed by atoms with van der Waals surface area (Å²) >= 11 is 0. The van der Waals surface area contributed by atoms with Crippen molar-refractivity contribution in [1.82, 2.24) is 14.5 Å². The van der Waals surface area contributed by atoms with Crippen LogP contribution in [0.25, 0.3) is 21.9 Å². The van der Waals surface area contributed by atoms with Gasteiger partial charge < -0.3 is 29.7 Å². The number of pyridine rings is 1. The van der Waals surface area contributed by atoms with Gasteiger partial charge in [0.05, 0.1) is 24.7 Å². The fraction of sp³-hybridized carbons (Fsp3) is 0.320. The van der Waals surface area contributed by atoms with Crippen molar-refractivity contribution in [2.24, 2.45) is 0 Å². The molecule has 0 saturated carbocycles. The fourth-order valence-corrected chi connectivity index (χ4v) is 4.12. The van der Waals surface area contributed by atoms with Gasteiger partial charge in [-0.15, -0.1) is 0 Å². The van der Waals surface area contributed by atoms with Crippen LogP contribution in [-0.2, 0) is 27.2 Å². The third-order valence-electron chi connectivity index (χ3n) is 5.68. The van der Waals surface area contributed by atoms with Crippen LogP contribution in [0.2, 0.25) is 0 Å². The molecule has 0 aliphatic rings. The summed E-state index contributed by atoms with van der Waals surface area (Å²) < 4.78 is 11.9. The van der Waals surface area contributed by atoms with Gasteiger partial charge in [-0.3, -0.25) is 4.79 Å². The number of hydrogen-bond donors (Lipinski definition) is 3. The van der Waals surface area contributed by atoms with E-state index in [1.54, 1.807) is 6.20 Å². The molecule has 0 saturated heterocycles. The molecule has 9 nitrogen and oxygen atoms in total. The Bertz CT molecular complexity index is 1320. The first-order valence-electron chi connectivity index (χ1n) is 11.3. The molecule has 0 unspecified atom stereocenters. The van der Waals surface area contributed by atoms with E-state index in [9.17, 15) is 9.59 Å². The average Bonchev–Trinajstić information content (AvgIpc) is 3.39. The van der Waals surface area contributed by atoms with E-state index in [0.29, 0.717) is 29.7 Å². The lowest BCUT2D eigenvalue weighted by Crippen LogP contribution is -2.20. The summed E-state index contributed by atoms with van der Waals surface area (Å²) in [5, 5.41) is 7.93. The molecule has 0 bridgehead atoms. The number of amides is 1. The SMILES string of the molecule is CCCNc1cnc2c(c1)c(NC(=O)COC)c(C(=O)OC)n2CCc1c[nH]c2ccccc12. The number of benzene rings is 1. The standard InChI is InChI=1S/C25H29N5O4/c1-4-10-26-17-12-19-22(29-21(31)15-33-2)23(25(32)34-3)30(24(19)28-14-17)11-9-16-13-27-20-8-6-5-7-18(16)20/h5-8,12-14,26-27H,4,9-11,15H2,1-3H3,(H,29,31). The number of rotatable bonds is 10. The van der Waals surface area contributed by atoms with E-state index in [4.69, 9.17) is 9.47 Å². The second-order valence-corrected chi connectivity index (χ2v) is 7.98. The zero-order chi connectivity index (χ0) is 24.1. The number of para-hydroxylation sites is 1. The number of fused-ring (bicyclic) bond motifs is 2. The highest BCUT2D eigenvalue weighted by Crippen LogP contribution is 2.33. The van der Waals surface area contributed by atoms with Crippen LogP contribution in [-0.4, -0.2) is 53.8 Å². The Morgan fingerprint density at radius 2 is 2.00 bits per heavy atom. The summed E-state index contributed by atoms with van der Waals surface area (Å²) in [6.07, 6.45) is 5.33. The fourth-order valence-electron chi connectivity index (χ4n) is 4.12. The van der Waals surface area contributed by atoms with Gasteiger partial charge in [-0.25, -0.2) is 9.78 Å². The number of anilines is 2. The number of ether oxygens (including phenoxy) is 2. The van der Waals surface area contributed by atoms with Gasteiger partial charge in [0.2, 0.25) is 5.91 Å². The van der Waals surface area contributed by atoms with Crippen molar-refractivity contribution in [1.29, 1.82) is 0 Å². The van der Waals surface area contributed by atoms with E-state index in [1.807, 2.05) is 35.0 Å². The van der Waals surface area contributed by atoms with E-state index in [1.165, 1.54) is 14.2 Å². The highest BCUT2D eigenvalue weighted by atomic mass is 16.5. The molecule has 1 aromatic carbocycles. The van der Waals surface area contributed by atoms with Crippen LogP contribution in [0.5, 0.6) is 0 Å². The van der Waals surface area contributed by atoms with Crippen LogP contribution in [0, 0.1) is 0 Å². The normalized spacial score (nSPS) is 11.1. The van der Waals surface area contributed by atoms with Crippen molar-refractivity contribution in [2.45, 2.75) is 26.3 Å². The highest BCUT2D eigenvalue weighted by molar-refractivity contribution is 6.11. The summed E-state index contributed by atoms with van der Waals surface area (Å²) in [6, 6.07) is 9.98. The Morgan fingerprint density at radius 3 is 2.76 bits per heavy atom. The van der Waals surface area contributed by atoms with Gasteiger partial charge in [0.1, 0.15) is 12.3 Å². The molecule has 0 atom stereocenters. The number of carbonyl (C=O) groups is 2. The molecule has 1 amide bonds. The molecule has 4 aromatic rings. The number of methoxy groups -OCH3 is 2. The van der Waals surface area contributed by atoms with Gasteiger partial charge in [0, 0.05) is 42.7 Å². The molecule has 0 aliphatic carbocycles. The molecule has 0 aliphatic heterocycles. The lowest BCUT2D eigenvalue weighted by molar-refractivity contribution is -0.119. The quantitative estimate of drug-likeness (QED) is 0.307. The first kappa shape index (κ1) is 23.3. The third-order valence-corrected chi connectivity index (χ3v) is 5.68. The summed E-state index contributed by atoms with van der Waals surface area (Å²) in [7, 11) is 2.77. The predicted molar refractivity (Wildman–Crippen MR) is 132 cm³/mol. The molecule has 0 radical (unpaired) electrons. The monoisotopic (exact) mass is 463 g/mol. The van der Waals surface area contributed by atoms with Gasteiger partial charge >= 0.3 is 5.97 Å². The lowest BCUT2D eigenvalue weighted by atomic mass is 10.1. The molecule has 9 heteroatoms. The molecular formula is C25H29N5O4. The summed E-state index contributed by atoms with van der Waals surface area (Å²) in [4.78, 5) is 33.3. The maximum absolute atomic E-state index is 12.9. The van der Waals surface area contributed by atoms with Gasteiger partial charge in [-0.1, -0.05) is 25.1 Å². The molecule has 0 spiro atoms. The molecule has 0 fully saturated rings. The van der Waals surface area contributed by atoms with E-state index in [-0.39, 0.29) is 18.2 Å². The largest absolute Gasteiger partial charge is 0.464 e. The minimum Gasteiger partial charge on any atom is -0.464 e. The molecule has 178 valence electrons. The smallest absolute Gasteiger partial charge is 0.356 e. The van der Waals surface area contributed by atoms with Crippen molar-refractivity contribution in [3.8, 4) is 0 Å². The maximum atomic E-state index is 12.9. The Balaban J connectivity index is 1.80. The van der Waals surface area contributed by atoms with Gasteiger partial charge in [-0.2, -0.15) is 0 Å². The number of nitrogens with one attached hydrogen (secondary N) is 3. The number of aromatic nitrogens is 3. The van der Waals surface area contributed by atoms with E-state index >= 15 is 0 Å². The zero-order valence-electron chi connectivity index (χ0n) is 19.6. The lowest BCUT2D eigenvalue weighted by Gasteiger charge is -2.10. The first-order chi connectivity index (χ1) is 16.6. The van der Waals surface area contributed by atoms with E-state index < -0.39 is 5.97 Å². The number of nitrogens with zero attached hydrogens (tertiary/aromatic N) is 2. The average molecular weight is 464 g/mol. The Kier molecular flexibility index (Phi) is 7.12. The van der Waals surface area contributed by atoms with Crippen molar-refractivity contribution in [3.05, 3.63) is 54.0 Å². The second-order valence-electron chi connectivity index (χ2n) is 7.98. The van der Waals surface area contributed by atoms with E-state index in [0.717, 1.165) is 35.1 Å². The number of carbonyl (C=O) groups excluding carboxylic acids is 2. The van der Waals surface area contributed by atoms with Crippen LogP contribution in [0.1, 0.15) is 29.4 Å². The maximum Gasteiger partial charge on any atom is 0.356 e. The molecular weight excluding hydrogens is 434 g/mol. The Labute approximate surface area is 197 Å². The minimum atomic E-state index is -0.548. The number of H-pyrrole nitrogens is 1. The summed E-state index contributed by atoms with van der Waals surface area (Å²) in [5.41, 5.74) is 4.20. The number of aryl methyl sites for hydroxylation is 2. The first-order valence-corrected chi connectivity index (χ1v) is 11.3. The third kappa shape index (κ3) is 4.60. The van der Waals surface area contributed by atoms with Crippen molar-refractivity contribution in [2.75, 3.05) is 38.0 Å². The van der Waals surface area contributed by atoms with Crippen molar-refractivity contribution in [3.63, 3.8) is 0 Å². The van der Waals surface area contributed by atoms with E-state index in [2.05, 4.69) is 33.6 Å². The van der Waals surface area contributed by atoms with Crippen molar-refractivity contribution < 1.29 is 19.1 Å². The van der Waals surface area contributed by atoms with Crippen LogP contribution < -0.4 is 10.6 Å². The Hall–Kier alpha value is -3.85. The van der Waals surface area contributed by atoms with Crippen molar-refractivity contribution >= 4 is 45.2 Å². The molecule has 3 N–H and O–H groups in total.